The van der Waals surface area contributed by atoms with Crippen molar-refractivity contribution >= 4 is 5.96 Å². The van der Waals surface area contributed by atoms with Crippen molar-refractivity contribution in [2.24, 2.45) is 4.99 Å². The maximum Gasteiger partial charge on any atom is 0.191 e. The molecule has 0 aromatic heterocycles. The summed E-state index contributed by atoms with van der Waals surface area (Å²) >= 11 is 0. The number of nitrogens with one attached hydrogen (secondary N) is 2. The highest BCUT2D eigenvalue weighted by atomic mass is 19.1. The molecule has 1 unspecified atom stereocenters. The Morgan fingerprint density at radius 3 is 2.95 bits per heavy atom. The molecule has 5 heteroatoms. The zero-order valence-corrected chi connectivity index (χ0v) is 12.6. The molecule has 21 heavy (non-hydrogen) atoms. The van der Waals surface area contributed by atoms with Gasteiger partial charge >= 0.3 is 0 Å². The van der Waals surface area contributed by atoms with E-state index in [4.69, 9.17) is 4.74 Å². The summed E-state index contributed by atoms with van der Waals surface area (Å²) in [5.74, 6) is 0.616. The Labute approximate surface area is 125 Å². The van der Waals surface area contributed by atoms with Crippen molar-refractivity contribution in [3.05, 3.63) is 35.6 Å². The highest BCUT2D eigenvalue weighted by Gasteiger charge is 2.14. The Morgan fingerprint density at radius 2 is 2.24 bits per heavy atom. The van der Waals surface area contributed by atoms with Crippen LogP contribution in [-0.2, 0) is 11.2 Å². The molecule has 0 bridgehead atoms. The third kappa shape index (κ3) is 5.34. The molecule has 0 radical (unpaired) electrons. The smallest absolute Gasteiger partial charge is 0.191 e. The predicted octanol–water partition coefficient (Wildman–Crippen LogP) is 2.10. The third-order valence-electron chi connectivity index (χ3n) is 3.47. The number of rotatable bonds is 6. The van der Waals surface area contributed by atoms with E-state index < -0.39 is 0 Å². The van der Waals surface area contributed by atoms with Crippen LogP contribution in [0.2, 0.25) is 0 Å². The van der Waals surface area contributed by atoms with Crippen LogP contribution in [0, 0.1) is 5.82 Å². The van der Waals surface area contributed by atoms with E-state index in [2.05, 4.69) is 15.6 Å². The molecule has 1 saturated heterocycles. The number of halogens is 1. The van der Waals surface area contributed by atoms with Gasteiger partial charge in [0.15, 0.2) is 5.96 Å². The lowest BCUT2D eigenvalue weighted by atomic mass is 10.1. The lowest BCUT2D eigenvalue weighted by Crippen LogP contribution is -2.39. The van der Waals surface area contributed by atoms with Crippen molar-refractivity contribution in [1.29, 1.82) is 0 Å². The number of hydrogen-bond acceptors (Lipinski definition) is 2. The molecule has 2 N–H and O–H groups in total. The molecule has 1 aromatic rings. The first kappa shape index (κ1) is 15.8. The molecule has 1 heterocycles. The van der Waals surface area contributed by atoms with E-state index in [9.17, 15) is 4.39 Å². The standard InChI is InChI=1S/C16H24FN3O/c1-2-18-16(20-12-14-7-5-11-21-14)19-10-9-13-6-3-4-8-15(13)17/h3-4,6,8,14H,2,5,7,9-12H2,1H3,(H2,18,19,20). The summed E-state index contributed by atoms with van der Waals surface area (Å²) in [6.07, 6.45) is 3.08. The molecule has 2 rings (SSSR count). The second kappa shape index (κ2) is 8.62. The van der Waals surface area contributed by atoms with Crippen molar-refractivity contribution in [3.63, 3.8) is 0 Å². The maximum atomic E-state index is 13.5. The minimum Gasteiger partial charge on any atom is -0.376 e. The quantitative estimate of drug-likeness (QED) is 0.624. The van der Waals surface area contributed by atoms with Gasteiger partial charge in [0, 0.05) is 19.7 Å². The van der Waals surface area contributed by atoms with E-state index >= 15 is 0 Å². The maximum absolute atomic E-state index is 13.5. The van der Waals surface area contributed by atoms with Gasteiger partial charge < -0.3 is 15.4 Å². The van der Waals surface area contributed by atoms with Crippen LogP contribution in [0.5, 0.6) is 0 Å². The fraction of sp³-hybridized carbons (Fsp3) is 0.562. The topological polar surface area (TPSA) is 45.7 Å². The van der Waals surface area contributed by atoms with Crippen LogP contribution in [0.1, 0.15) is 25.3 Å². The van der Waals surface area contributed by atoms with Gasteiger partial charge in [-0.15, -0.1) is 0 Å². The fourth-order valence-electron chi connectivity index (χ4n) is 2.34. The molecular formula is C16H24FN3O. The number of hydrogen-bond donors (Lipinski definition) is 2. The number of nitrogens with zero attached hydrogens (tertiary/aromatic N) is 1. The molecule has 1 fully saturated rings. The van der Waals surface area contributed by atoms with Crippen molar-refractivity contribution in [2.45, 2.75) is 32.3 Å². The van der Waals surface area contributed by atoms with Crippen molar-refractivity contribution in [3.8, 4) is 0 Å². The van der Waals surface area contributed by atoms with Crippen molar-refractivity contribution < 1.29 is 9.13 Å². The number of ether oxygens (including phenoxy) is 1. The summed E-state index contributed by atoms with van der Waals surface area (Å²) in [6.45, 7) is 5.00. The summed E-state index contributed by atoms with van der Waals surface area (Å²) in [4.78, 5) is 4.52. The summed E-state index contributed by atoms with van der Waals surface area (Å²) < 4.78 is 19.1. The molecule has 1 aliphatic rings. The molecule has 1 atom stereocenters. The van der Waals surface area contributed by atoms with Gasteiger partial charge in [0.05, 0.1) is 12.6 Å². The van der Waals surface area contributed by atoms with Gasteiger partial charge in [0.2, 0.25) is 0 Å². The summed E-state index contributed by atoms with van der Waals surface area (Å²) in [6, 6.07) is 6.87. The zero-order chi connectivity index (χ0) is 14.9. The average Bonchev–Trinajstić information content (AvgIpc) is 3.00. The van der Waals surface area contributed by atoms with Gasteiger partial charge in [0.25, 0.3) is 0 Å². The van der Waals surface area contributed by atoms with Crippen LogP contribution in [0.3, 0.4) is 0 Å². The molecule has 0 amide bonds. The van der Waals surface area contributed by atoms with Crippen molar-refractivity contribution in [2.75, 3.05) is 26.2 Å². The molecule has 0 aliphatic carbocycles. The zero-order valence-electron chi connectivity index (χ0n) is 12.6. The van der Waals surface area contributed by atoms with E-state index in [1.807, 2.05) is 19.1 Å². The average molecular weight is 293 g/mol. The first-order chi connectivity index (χ1) is 10.3. The minimum absolute atomic E-state index is 0.152. The van der Waals surface area contributed by atoms with E-state index in [0.717, 1.165) is 37.5 Å². The van der Waals surface area contributed by atoms with Gasteiger partial charge in [-0.2, -0.15) is 0 Å². The molecule has 116 valence electrons. The molecular weight excluding hydrogens is 269 g/mol. The van der Waals surface area contributed by atoms with Gasteiger partial charge in [-0.25, -0.2) is 4.39 Å². The van der Waals surface area contributed by atoms with Gasteiger partial charge in [0.1, 0.15) is 5.82 Å². The first-order valence-electron chi connectivity index (χ1n) is 7.66. The van der Waals surface area contributed by atoms with Gasteiger partial charge in [-0.1, -0.05) is 18.2 Å². The summed E-state index contributed by atoms with van der Waals surface area (Å²) in [5.41, 5.74) is 0.722. The molecule has 0 saturated carbocycles. The van der Waals surface area contributed by atoms with Crippen LogP contribution in [0.25, 0.3) is 0 Å². The Kier molecular flexibility index (Phi) is 6.47. The number of benzene rings is 1. The van der Waals surface area contributed by atoms with Crippen LogP contribution < -0.4 is 10.6 Å². The van der Waals surface area contributed by atoms with E-state index in [-0.39, 0.29) is 11.9 Å². The predicted molar refractivity (Wildman–Crippen MR) is 83.1 cm³/mol. The molecule has 0 spiro atoms. The lowest BCUT2D eigenvalue weighted by Gasteiger charge is -2.13. The third-order valence-corrected chi connectivity index (χ3v) is 3.47. The normalized spacial score (nSPS) is 18.8. The van der Waals surface area contributed by atoms with E-state index in [1.165, 1.54) is 6.07 Å². The second-order valence-electron chi connectivity index (χ2n) is 5.12. The van der Waals surface area contributed by atoms with Gasteiger partial charge in [-0.3, -0.25) is 4.99 Å². The lowest BCUT2D eigenvalue weighted by molar-refractivity contribution is 0.117. The highest BCUT2D eigenvalue weighted by molar-refractivity contribution is 5.79. The second-order valence-corrected chi connectivity index (χ2v) is 5.12. The Morgan fingerprint density at radius 1 is 1.38 bits per heavy atom. The summed E-state index contributed by atoms with van der Waals surface area (Å²) in [5, 5.41) is 6.43. The monoisotopic (exact) mass is 293 g/mol. The molecule has 1 aromatic carbocycles. The Hall–Kier alpha value is -1.62. The van der Waals surface area contributed by atoms with E-state index in [0.29, 0.717) is 19.5 Å². The Bertz CT molecular complexity index is 459. The van der Waals surface area contributed by atoms with E-state index in [1.54, 1.807) is 6.07 Å². The van der Waals surface area contributed by atoms with Crippen LogP contribution in [0.4, 0.5) is 4.39 Å². The minimum atomic E-state index is -0.152. The fourth-order valence-corrected chi connectivity index (χ4v) is 2.34. The van der Waals surface area contributed by atoms with Crippen LogP contribution in [-0.4, -0.2) is 38.3 Å². The largest absolute Gasteiger partial charge is 0.376 e. The number of guanidine groups is 1. The number of aliphatic imine (C=N–C) groups is 1. The SMILES string of the molecule is CCNC(=NCC1CCCO1)NCCc1ccccc1F. The molecule has 4 nitrogen and oxygen atoms in total. The van der Waals surface area contributed by atoms with Gasteiger partial charge in [-0.05, 0) is 37.8 Å². The van der Waals surface area contributed by atoms with Crippen LogP contribution >= 0.6 is 0 Å². The first-order valence-corrected chi connectivity index (χ1v) is 7.66. The highest BCUT2D eigenvalue weighted by Crippen LogP contribution is 2.11. The summed E-state index contributed by atoms with van der Waals surface area (Å²) in [7, 11) is 0. The molecule has 1 aliphatic heterocycles. The van der Waals surface area contributed by atoms with Crippen molar-refractivity contribution in [1.82, 2.24) is 10.6 Å². The Balaban J connectivity index is 1.79. The van der Waals surface area contributed by atoms with Crippen LogP contribution in [0.15, 0.2) is 29.3 Å².